The molecule has 0 spiro atoms. The van der Waals surface area contributed by atoms with Crippen molar-refractivity contribution in [2.24, 2.45) is 0 Å². The fourth-order valence-electron chi connectivity index (χ4n) is 2.66. The Hall–Kier alpha value is -3.76. The van der Waals surface area contributed by atoms with Crippen LogP contribution in [0.2, 0.25) is 0 Å². The van der Waals surface area contributed by atoms with Crippen molar-refractivity contribution in [3.63, 3.8) is 0 Å². The van der Waals surface area contributed by atoms with Crippen molar-refractivity contribution in [2.75, 3.05) is 6.61 Å². The van der Waals surface area contributed by atoms with Crippen LogP contribution < -0.4 is 10.2 Å². The minimum absolute atomic E-state index is 0.0192. The largest absolute Gasteiger partial charge is 0.508 e. The van der Waals surface area contributed by atoms with Gasteiger partial charge in [-0.2, -0.15) is 0 Å². The van der Waals surface area contributed by atoms with E-state index in [0.717, 1.165) is 12.1 Å². The molecule has 0 bridgehead atoms. The molecule has 0 amide bonds. The Morgan fingerprint density at radius 1 is 1.10 bits per heavy atom. The van der Waals surface area contributed by atoms with Crippen molar-refractivity contribution in [1.82, 2.24) is 0 Å². The third-order valence-electron chi connectivity index (χ3n) is 4.19. The van der Waals surface area contributed by atoms with Crippen molar-refractivity contribution in [3.05, 3.63) is 46.6 Å². The molecule has 0 saturated carbocycles. The van der Waals surface area contributed by atoms with Gasteiger partial charge in [0.2, 0.25) is 12.0 Å². The van der Waals surface area contributed by atoms with Gasteiger partial charge in [-0.1, -0.05) is 0 Å². The SMILES string of the molecule is CC(OC(CO)Oc1cc2oc(-c3ccc(O)cc3)cc(=O)c2c(O)c1O)C(=O)O. The fourth-order valence-corrected chi connectivity index (χ4v) is 2.66. The van der Waals surface area contributed by atoms with Gasteiger partial charge in [0.1, 0.15) is 29.1 Å². The predicted octanol–water partition coefficient (Wildman–Crippen LogP) is 1.76. The maximum absolute atomic E-state index is 12.5. The van der Waals surface area contributed by atoms with Gasteiger partial charge in [-0.05, 0) is 31.2 Å². The second-order valence-corrected chi connectivity index (χ2v) is 6.31. The number of carboxylic acids is 1. The molecule has 1 heterocycles. The Morgan fingerprint density at radius 2 is 1.77 bits per heavy atom. The lowest BCUT2D eigenvalue weighted by Gasteiger charge is -2.20. The van der Waals surface area contributed by atoms with Gasteiger partial charge in [0.05, 0.1) is 0 Å². The zero-order valence-electron chi connectivity index (χ0n) is 15.6. The molecule has 3 rings (SSSR count). The van der Waals surface area contributed by atoms with Crippen LogP contribution in [0.5, 0.6) is 23.0 Å². The Morgan fingerprint density at radius 3 is 2.37 bits per heavy atom. The highest BCUT2D eigenvalue weighted by Crippen LogP contribution is 2.42. The summed E-state index contributed by atoms with van der Waals surface area (Å²) in [6.45, 7) is 0.461. The number of hydrogen-bond acceptors (Lipinski definition) is 9. The van der Waals surface area contributed by atoms with Gasteiger partial charge in [-0.25, -0.2) is 4.79 Å². The highest BCUT2D eigenvalue weighted by atomic mass is 16.7. The third-order valence-corrected chi connectivity index (χ3v) is 4.19. The first-order chi connectivity index (χ1) is 14.2. The van der Waals surface area contributed by atoms with Crippen molar-refractivity contribution in [1.29, 1.82) is 0 Å². The molecule has 10 nitrogen and oxygen atoms in total. The first-order valence-corrected chi connectivity index (χ1v) is 8.69. The number of phenols is 3. The highest BCUT2D eigenvalue weighted by molar-refractivity contribution is 5.89. The lowest BCUT2D eigenvalue weighted by Crippen LogP contribution is -2.32. The van der Waals surface area contributed by atoms with Crippen molar-refractivity contribution >= 4 is 16.9 Å². The quantitative estimate of drug-likeness (QED) is 0.282. The molecule has 10 heteroatoms. The summed E-state index contributed by atoms with van der Waals surface area (Å²) in [7, 11) is 0. The van der Waals surface area contributed by atoms with Crippen molar-refractivity contribution in [2.45, 2.75) is 19.3 Å². The Labute approximate surface area is 168 Å². The summed E-state index contributed by atoms with van der Waals surface area (Å²) < 4.78 is 15.9. The third kappa shape index (κ3) is 4.14. The summed E-state index contributed by atoms with van der Waals surface area (Å²) in [5.74, 6) is -3.17. The van der Waals surface area contributed by atoms with Gasteiger partial charge >= 0.3 is 5.97 Å². The van der Waals surface area contributed by atoms with E-state index < -0.39 is 47.6 Å². The minimum Gasteiger partial charge on any atom is -0.508 e. The molecule has 2 aromatic carbocycles. The van der Waals surface area contributed by atoms with E-state index in [1.165, 1.54) is 31.2 Å². The second-order valence-electron chi connectivity index (χ2n) is 6.31. The zero-order valence-corrected chi connectivity index (χ0v) is 15.6. The molecule has 158 valence electrons. The topological polar surface area (TPSA) is 167 Å². The molecular formula is C20H18O10. The summed E-state index contributed by atoms with van der Waals surface area (Å²) in [6.07, 6.45) is -2.80. The lowest BCUT2D eigenvalue weighted by atomic mass is 10.1. The molecule has 2 atom stereocenters. The van der Waals surface area contributed by atoms with Crippen molar-refractivity contribution < 1.29 is 44.2 Å². The normalized spacial score (nSPS) is 13.1. The van der Waals surface area contributed by atoms with E-state index in [4.69, 9.17) is 19.0 Å². The highest BCUT2D eigenvalue weighted by Gasteiger charge is 2.24. The maximum Gasteiger partial charge on any atom is 0.332 e. The molecular weight excluding hydrogens is 400 g/mol. The summed E-state index contributed by atoms with van der Waals surface area (Å²) >= 11 is 0. The first-order valence-electron chi connectivity index (χ1n) is 8.69. The van der Waals surface area contributed by atoms with Gasteiger partial charge < -0.3 is 39.4 Å². The molecule has 5 N–H and O–H groups in total. The van der Waals surface area contributed by atoms with Crippen LogP contribution in [0.25, 0.3) is 22.3 Å². The summed E-state index contributed by atoms with van der Waals surface area (Å²) in [4.78, 5) is 23.4. The number of rotatable bonds is 7. The molecule has 3 aromatic rings. The smallest absolute Gasteiger partial charge is 0.332 e. The van der Waals surface area contributed by atoms with E-state index >= 15 is 0 Å². The monoisotopic (exact) mass is 418 g/mol. The Bertz CT molecular complexity index is 1130. The van der Waals surface area contributed by atoms with Crippen LogP contribution in [-0.4, -0.2) is 50.5 Å². The first kappa shape index (κ1) is 21.0. The number of fused-ring (bicyclic) bond motifs is 1. The van der Waals surface area contributed by atoms with Crippen LogP contribution >= 0.6 is 0 Å². The average molecular weight is 418 g/mol. The van der Waals surface area contributed by atoms with Gasteiger partial charge in [-0.15, -0.1) is 0 Å². The fraction of sp³-hybridized carbons (Fsp3) is 0.200. The number of carbonyl (C=O) groups is 1. The molecule has 0 radical (unpaired) electrons. The van der Waals surface area contributed by atoms with Crippen LogP contribution in [0.15, 0.2) is 45.6 Å². The van der Waals surface area contributed by atoms with E-state index in [1.54, 1.807) is 0 Å². The number of aromatic hydroxyl groups is 3. The molecule has 1 aromatic heterocycles. The van der Waals surface area contributed by atoms with Crippen LogP contribution in [0, 0.1) is 0 Å². The second kappa shape index (κ2) is 8.31. The van der Waals surface area contributed by atoms with Gasteiger partial charge in [0, 0.05) is 17.7 Å². The number of hydrogen-bond donors (Lipinski definition) is 5. The van der Waals surface area contributed by atoms with E-state index in [1.807, 2.05) is 0 Å². The molecule has 2 unspecified atom stereocenters. The standard InChI is InChI=1S/C20H18O10/c1-9(20(26)27)28-16(8-21)30-15-7-14-17(19(25)18(15)24)12(23)6-13(29-14)10-2-4-11(22)5-3-10/h2-7,9,16,21-22,24-25H,8H2,1H3,(H,26,27). The zero-order chi connectivity index (χ0) is 22.0. The summed E-state index contributed by atoms with van der Waals surface area (Å²) in [6, 6.07) is 8.04. The van der Waals surface area contributed by atoms with Crippen LogP contribution in [0.3, 0.4) is 0 Å². The van der Waals surface area contributed by atoms with Crippen LogP contribution in [-0.2, 0) is 9.53 Å². The molecule has 0 aliphatic rings. The number of carboxylic acid groups (broad SMARTS) is 1. The number of ether oxygens (including phenoxy) is 2. The maximum atomic E-state index is 12.5. The number of aliphatic hydroxyl groups excluding tert-OH is 1. The molecule has 0 aliphatic carbocycles. The number of phenolic OH excluding ortho intramolecular Hbond substituents is 3. The Kier molecular flexibility index (Phi) is 5.81. The Balaban J connectivity index is 2.05. The molecule has 0 saturated heterocycles. The molecule has 0 fully saturated rings. The van der Waals surface area contributed by atoms with E-state index in [-0.39, 0.29) is 22.5 Å². The van der Waals surface area contributed by atoms with E-state index in [9.17, 15) is 30.0 Å². The number of benzene rings is 2. The number of aliphatic hydroxyl groups is 1. The lowest BCUT2D eigenvalue weighted by molar-refractivity contribution is -0.173. The molecule has 30 heavy (non-hydrogen) atoms. The molecule has 0 aliphatic heterocycles. The van der Waals surface area contributed by atoms with E-state index in [2.05, 4.69) is 0 Å². The minimum atomic E-state index is -1.48. The van der Waals surface area contributed by atoms with Gasteiger partial charge in [0.15, 0.2) is 23.0 Å². The summed E-state index contributed by atoms with van der Waals surface area (Å²) in [5, 5.41) is 47.8. The van der Waals surface area contributed by atoms with Crippen LogP contribution in [0.1, 0.15) is 6.92 Å². The van der Waals surface area contributed by atoms with Gasteiger partial charge in [-0.3, -0.25) is 4.79 Å². The average Bonchev–Trinajstić information content (AvgIpc) is 2.70. The van der Waals surface area contributed by atoms with Crippen LogP contribution in [0.4, 0.5) is 0 Å². The van der Waals surface area contributed by atoms with E-state index in [0.29, 0.717) is 5.56 Å². The summed E-state index contributed by atoms with van der Waals surface area (Å²) in [5.41, 5.74) is -0.319. The number of aliphatic carboxylic acids is 1. The van der Waals surface area contributed by atoms with Crippen molar-refractivity contribution in [3.8, 4) is 34.3 Å². The predicted molar refractivity (Wildman–Crippen MR) is 103 cm³/mol. The van der Waals surface area contributed by atoms with Gasteiger partial charge in [0.25, 0.3) is 0 Å².